The van der Waals surface area contributed by atoms with Gasteiger partial charge in [-0.3, -0.25) is 4.85 Å². The molecule has 3 heteroatoms. The van der Waals surface area contributed by atoms with Gasteiger partial charge in [0.2, 0.25) is 0 Å². The number of hydrogen-bond donors (Lipinski definition) is 0. The standard InChI is InChI=1S/C10H11NO2/c1-3-12-9-6-4-5-7-10(9)13-8-11-2/h4-7H,3,8H2,1H3. The predicted octanol–water partition coefficient (Wildman–Crippen LogP) is 2.34. The van der Waals surface area contributed by atoms with Gasteiger partial charge in [-0.2, -0.15) is 0 Å². The quantitative estimate of drug-likeness (QED) is 0.659. The van der Waals surface area contributed by atoms with Gasteiger partial charge in [0.15, 0.2) is 11.5 Å². The lowest BCUT2D eigenvalue weighted by Crippen LogP contribution is -1.97. The molecule has 0 bridgehead atoms. The Labute approximate surface area is 77.7 Å². The van der Waals surface area contributed by atoms with Crippen LogP contribution in [0.4, 0.5) is 0 Å². The summed E-state index contributed by atoms with van der Waals surface area (Å²) in [4.78, 5) is 3.10. The van der Waals surface area contributed by atoms with Crippen LogP contribution in [0.2, 0.25) is 0 Å². The number of rotatable bonds is 4. The van der Waals surface area contributed by atoms with E-state index in [1.807, 2.05) is 25.1 Å². The van der Waals surface area contributed by atoms with Crippen LogP contribution in [0.5, 0.6) is 11.5 Å². The van der Waals surface area contributed by atoms with Crippen LogP contribution in [0.25, 0.3) is 4.85 Å². The highest BCUT2D eigenvalue weighted by molar-refractivity contribution is 5.39. The molecule has 3 nitrogen and oxygen atoms in total. The van der Waals surface area contributed by atoms with Gasteiger partial charge >= 0.3 is 6.73 Å². The van der Waals surface area contributed by atoms with E-state index < -0.39 is 0 Å². The minimum atomic E-state index is 0.0318. The molecule has 1 rings (SSSR count). The maximum atomic E-state index is 6.58. The lowest BCUT2D eigenvalue weighted by molar-refractivity contribution is 0.296. The molecule has 0 aliphatic carbocycles. The molecular weight excluding hydrogens is 166 g/mol. The zero-order valence-electron chi connectivity index (χ0n) is 7.49. The van der Waals surface area contributed by atoms with Crippen molar-refractivity contribution >= 4 is 0 Å². The number of nitrogens with zero attached hydrogens (tertiary/aromatic N) is 1. The molecule has 0 radical (unpaired) electrons. The second kappa shape index (κ2) is 5.04. The highest BCUT2D eigenvalue weighted by Gasteiger charge is 2.02. The van der Waals surface area contributed by atoms with E-state index in [1.165, 1.54) is 0 Å². The molecule has 0 fully saturated rings. The van der Waals surface area contributed by atoms with Crippen molar-refractivity contribution in [1.82, 2.24) is 0 Å². The molecule has 0 aliphatic rings. The molecular formula is C10H11NO2. The van der Waals surface area contributed by atoms with E-state index in [0.717, 1.165) is 0 Å². The Morgan fingerprint density at radius 2 is 1.85 bits per heavy atom. The second-order valence-electron chi connectivity index (χ2n) is 2.31. The third kappa shape index (κ3) is 2.68. The zero-order valence-corrected chi connectivity index (χ0v) is 7.49. The molecule has 0 aliphatic heterocycles. The number of ether oxygens (including phenoxy) is 2. The van der Waals surface area contributed by atoms with Gasteiger partial charge in [-0.1, -0.05) is 12.1 Å². The Morgan fingerprint density at radius 1 is 1.23 bits per heavy atom. The maximum absolute atomic E-state index is 6.58. The van der Waals surface area contributed by atoms with Crippen LogP contribution >= 0.6 is 0 Å². The number of hydrogen-bond acceptors (Lipinski definition) is 2. The van der Waals surface area contributed by atoms with Crippen molar-refractivity contribution in [2.75, 3.05) is 13.3 Å². The van der Waals surface area contributed by atoms with Crippen LogP contribution in [0.3, 0.4) is 0 Å². The fourth-order valence-corrected chi connectivity index (χ4v) is 0.946. The molecule has 0 atom stereocenters. The zero-order chi connectivity index (χ0) is 9.52. The van der Waals surface area contributed by atoms with Gasteiger partial charge < -0.3 is 9.47 Å². The maximum Gasteiger partial charge on any atom is 0.357 e. The van der Waals surface area contributed by atoms with Gasteiger partial charge in [0.05, 0.1) is 6.61 Å². The normalized spacial score (nSPS) is 8.92. The van der Waals surface area contributed by atoms with Crippen molar-refractivity contribution in [2.24, 2.45) is 0 Å². The molecule has 0 saturated carbocycles. The van der Waals surface area contributed by atoms with E-state index in [4.69, 9.17) is 16.0 Å². The summed E-state index contributed by atoms with van der Waals surface area (Å²) in [6.07, 6.45) is 0. The van der Waals surface area contributed by atoms with Crippen molar-refractivity contribution in [3.8, 4) is 11.5 Å². The van der Waals surface area contributed by atoms with E-state index in [0.29, 0.717) is 18.1 Å². The molecule has 0 spiro atoms. The lowest BCUT2D eigenvalue weighted by atomic mass is 10.3. The first kappa shape index (κ1) is 9.40. The Kier molecular flexibility index (Phi) is 3.65. The molecule has 0 aromatic heterocycles. The van der Waals surface area contributed by atoms with Gasteiger partial charge in [0, 0.05) is 0 Å². The van der Waals surface area contributed by atoms with E-state index >= 15 is 0 Å². The molecule has 13 heavy (non-hydrogen) atoms. The average molecular weight is 177 g/mol. The summed E-state index contributed by atoms with van der Waals surface area (Å²) in [6.45, 7) is 9.12. The number of benzene rings is 1. The molecule has 1 aromatic carbocycles. The van der Waals surface area contributed by atoms with Crippen molar-refractivity contribution in [3.05, 3.63) is 35.7 Å². The van der Waals surface area contributed by atoms with E-state index in [-0.39, 0.29) is 6.73 Å². The van der Waals surface area contributed by atoms with Crippen LogP contribution in [-0.2, 0) is 0 Å². The predicted molar refractivity (Wildman–Crippen MR) is 49.7 cm³/mol. The fourth-order valence-electron chi connectivity index (χ4n) is 0.946. The first-order valence-electron chi connectivity index (χ1n) is 4.06. The molecule has 0 amide bonds. The van der Waals surface area contributed by atoms with Crippen LogP contribution in [0.15, 0.2) is 24.3 Å². The average Bonchev–Trinajstić information content (AvgIpc) is 2.17. The summed E-state index contributed by atoms with van der Waals surface area (Å²) >= 11 is 0. The summed E-state index contributed by atoms with van der Waals surface area (Å²) in [7, 11) is 0. The van der Waals surface area contributed by atoms with Gasteiger partial charge in [0.1, 0.15) is 0 Å². The lowest BCUT2D eigenvalue weighted by Gasteiger charge is -2.07. The van der Waals surface area contributed by atoms with Gasteiger partial charge in [-0.15, -0.1) is 0 Å². The summed E-state index contributed by atoms with van der Waals surface area (Å²) < 4.78 is 10.5. The third-order valence-corrected chi connectivity index (χ3v) is 1.43. The third-order valence-electron chi connectivity index (χ3n) is 1.43. The Balaban J connectivity index is 2.73. The molecule has 0 N–H and O–H groups in total. The van der Waals surface area contributed by atoms with Crippen molar-refractivity contribution in [1.29, 1.82) is 0 Å². The van der Waals surface area contributed by atoms with E-state index in [9.17, 15) is 0 Å². The minimum absolute atomic E-state index is 0.0318. The van der Waals surface area contributed by atoms with Crippen molar-refractivity contribution in [3.63, 3.8) is 0 Å². The van der Waals surface area contributed by atoms with Gasteiger partial charge in [0.25, 0.3) is 0 Å². The van der Waals surface area contributed by atoms with Gasteiger partial charge in [-0.05, 0) is 19.1 Å². The molecule has 68 valence electrons. The second-order valence-corrected chi connectivity index (χ2v) is 2.31. The smallest absolute Gasteiger partial charge is 0.357 e. The number of para-hydroxylation sites is 2. The molecule has 0 saturated heterocycles. The fraction of sp³-hybridized carbons (Fsp3) is 0.300. The summed E-state index contributed by atoms with van der Waals surface area (Å²) in [6, 6.07) is 7.33. The highest BCUT2D eigenvalue weighted by Crippen LogP contribution is 2.26. The summed E-state index contributed by atoms with van der Waals surface area (Å²) in [5, 5.41) is 0. The van der Waals surface area contributed by atoms with Gasteiger partial charge in [-0.25, -0.2) is 6.57 Å². The SMILES string of the molecule is [C-]#[N+]COc1ccccc1OCC. The van der Waals surface area contributed by atoms with Crippen LogP contribution in [-0.4, -0.2) is 13.3 Å². The largest absolute Gasteiger partial charge is 0.490 e. The molecule has 0 unspecified atom stereocenters. The Morgan fingerprint density at radius 3 is 2.38 bits per heavy atom. The Bertz CT molecular complexity index is 304. The van der Waals surface area contributed by atoms with Crippen molar-refractivity contribution in [2.45, 2.75) is 6.92 Å². The summed E-state index contributed by atoms with van der Waals surface area (Å²) in [5.41, 5.74) is 0. The van der Waals surface area contributed by atoms with E-state index in [2.05, 4.69) is 4.85 Å². The first-order valence-corrected chi connectivity index (χ1v) is 4.06. The van der Waals surface area contributed by atoms with E-state index in [1.54, 1.807) is 6.07 Å². The van der Waals surface area contributed by atoms with Crippen LogP contribution in [0, 0.1) is 6.57 Å². The summed E-state index contributed by atoms with van der Waals surface area (Å²) in [5.74, 6) is 1.31. The molecule has 0 heterocycles. The Hall–Kier alpha value is -1.69. The highest BCUT2D eigenvalue weighted by atomic mass is 16.5. The molecule has 1 aromatic rings. The first-order chi connectivity index (χ1) is 6.38. The van der Waals surface area contributed by atoms with Crippen LogP contribution in [0.1, 0.15) is 6.92 Å². The topological polar surface area (TPSA) is 22.8 Å². The van der Waals surface area contributed by atoms with Crippen LogP contribution < -0.4 is 9.47 Å². The van der Waals surface area contributed by atoms with Crippen molar-refractivity contribution < 1.29 is 9.47 Å². The monoisotopic (exact) mass is 177 g/mol. The minimum Gasteiger partial charge on any atom is -0.490 e.